The van der Waals surface area contributed by atoms with Crippen molar-refractivity contribution in [3.8, 4) is 0 Å². The maximum atomic E-state index is 10.2. The number of hydrogen-bond donors (Lipinski definition) is 0. The fourth-order valence-electron chi connectivity index (χ4n) is 1.61. The van der Waals surface area contributed by atoms with Crippen LogP contribution in [0.5, 0.6) is 0 Å². The highest BCUT2D eigenvalue weighted by atomic mass is 16.1. The van der Waals surface area contributed by atoms with Gasteiger partial charge in [0.1, 0.15) is 6.29 Å². The largest absolute Gasteiger partial charge is 0.351 e. The first-order valence-electron chi connectivity index (χ1n) is 4.49. The second-order valence-corrected chi connectivity index (χ2v) is 3.20. The number of benzene rings is 1. The van der Waals surface area contributed by atoms with Gasteiger partial charge in [-0.25, -0.2) is 0 Å². The summed E-state index contributed by atoms with van der Waals surface area (Å²) in [5.74, 6) is 0. The summed E-state index contributed by atoms with van der Waals surface area (Å²) in [4.78, 5) is 10.2. The smallest absolute Gasteiger partial charge is 0.142 e. The molecule has 2 nitrogen and oxygen atoms in total. The maximum Gasteiger partial charge on any atom is 0.142 e. The zero-order valence-corrected chi connectivity index (χ0v) is 7.97. The molecule has 0 N–H and O–H groups in total. The van der Waals surface area contributed by atoms with Crippen LogP contribution >= 0.6 is 0 Å². The zero-order chi connectivity index (χ0) is 9.97. The molecule has 70 valence electrons. The van der Waals surface area contributed by atoms with E-state index in [0.717, 1.165) is 11.8 Å². The molecule has 2 rings (SSSR count). The van der Waals surface area contributed by atoms with E-state index in [9.17, 15) is 4.79 Å². The number of fused-ring (bicyclic) bond motifs is 1. The Kier molecular flexibility index (Phi) is 2.19. The maximum absolute atomic E-state index is 10.2. The first-order chi connectivity index (χ1) is 6.83. The van der Waals surface area contributed by atoms with Crippen molar-refractivity contribution in [2.75, 3.05) is 0 Å². The molecule has 0 amide bonds. The summed E-state index contributed by atoms with van der Waals surface area (Å²) in [6.45, 7) is 0. The standard InChI is InChI=1S/C12H11NO/c1-13-8-7-11-10(5-3-9-14)4-2-6-12(11)13/h2-9H,1H3/b5-3+. The van der Waals surface area contributed by atoms with E-state index in [0.29, 0.717) is 0 Å². The summed E-state index contributed by atoms with van der Waals surface area (Å²) in [5.41, 5.74) is 2.26. The molecule has 1 aromatic heterocycles. The van der Waals surface area contributed by atoms with Crippen LogP contribution < -0.4 is 0 Å². The number of nitrogens with zero attached hydrogens (tertiary/aromatic N) is 1. The van der Waals surface area contributed by atoms with Crippen LogP contribution in [0, 0.1) is 0 Å². The molecule has 0 saturated carbocycles. The Bertz CT molecular complexity index is 494. The van der Waals surface area contributed by atoms with Crippen molar-refractivity contribution in [3.63, 3.8) is 0 Å². The fraction of sp³-hybridized carbons (Fsp3) is 0.0833. The Balaban J connectivity index is 2.65. The molecule has 14 heavy (non-hydrogen) atoms. The Morgan fingerprint density at radius 3 is 2.93 bits per heavy atom. The van der Waals surface area contributed by atoms with Gasteiger partial charge in [0, 0.05) is 24.1 Å². The van der Waals surface area contributed by atoms with E-state index in [2.05, 4.69) is 16.7 Å². The summed E-state index contributed by atoms with van der Waals surface area (Å²) >= 11 is 0. The first-order valence-corrected chi connectivity index (χ1v) is 4.49. The average Bonchev–Trinajstić information content (AvgIpc) is 2.58. The quantitative estimate of drug-likeness (QED) is 0.520. The van der Waals surface area contributed by atoms with Crippen molar-refractivity contribution >= 4 is 23.3 Å². The van der Waals surface area contributed by atoms with E-state index < -0.39 is 0 Å². The van der Waals surface area contributed by atoms with Crippen LogP contribution in [0.2, 0.25) is 0 Å². The molecule has 0 fully saturated rings. The highest BCUT2D eigenvalue weighted by Crippen LogP contribution is 2.20. The molecule has 0 aliphatic carbocycles. The lowest BCUT2D eigenvalue weighted by Gasteiger charge is -1.98. The van der Waals surface area contributed by atoms with Gasteiger partial charge in [-0.3, -0.25) is 4.79 Å². The van der Waals surface area contributed by atoms with Crippen molar-refractivity contribution in [2.24, 2.45) is 7.05 Å². The number of hydrogen-bond acceptors (Lipinski definition) is 1. The van der Waals surface area contributed by atoms with E-state index in [1.807, 2.05) is 31.5 Å². The molecular weight excluding hydrogens is 174 g/mol. The minimum Gasteiger partial charge on any atom is -0.351 e. The predicted octanol–water partition coefficient (Wildman–Crippen LogP) is 2.39. The number of carbonyl (C=O) groups is 1. The van der Waals surface area contributed by atoms with E-state index >= 15 is 0 Å². The molecule has 0 atom stereocenters. The van der Waals surface area contributed by atoms with Crippen LogP contribution in [0.1, 0.15) is 5.56 Å². The lowest BCUT2D eigenvalue weighted by molar-refractivity contribution is -0.104. The topological polar surface area (TPSA) is 22.0 Å². The summed E-state index contributed by atoms with van der Waals surface area (Å²) in [6, 6.07) is 8.11. The Hall–Kier alpha value is -1.83. The van der Waals surface area contributed by atoms with Gasteiger partial charge in [0.15, 0.2) is 0 Å². The SMILES string of the molecule is Cn1ccc2c(/C=C/C=O)cccc21. The summed E-state index contributed by atoms with van der Waals surface area (Å²) < 4.78 is 2.06. The van der Waals surface area contributed by atoms with Gasteiger partial charge in [0.05, 0.1) is 0 Å². The Morgan fingerprint density at radius 2 is 2.14 bits per heavy atom. The molecule has 1 aromatic carbocycles. The van der Waals surface area contributed by atoms with Crippen LogP contribution in [-0.2, 0) is 11.8 Å². The van der Waals surface area contributed by atoms with E-state index in [-0.39, 0.29) is 0 Å². The third-order valence-electron chi connectivity index (χ3n) is 2.32. The molecule has 0 bridgehead atoms. The van der Waals surface area contributed by atoms with Crippen LogP contribution in [-0.4, -0.2) is 10.9 Å². The van der Waals surface area contributed by atoms with Gasteiger partial charge in [0.25, 0.3) is 0 Å². The second-order valence-electron chi connectivity index (χ2n) is 3.20. The van der Waals surface area contributed by atoms with Crippen LogP contribution in [0.25, 0.3) is 17.0 Å². The molecule has 1 heterocycles. The summed E-state index contributed by atoms with van der Waals surface area (Å²) in [6.07, 6.45) is 6.15. The zero-order valence-electron chi connectivity index (χ0n) is 7.97. The molecule has 0 spiro atoms. The fourth-order valence-corrected chi connectivity index (χ4v) is 1.61. The lowest BCUT2D eigenvalue weighted by Crippen LogP contribution is -1.83. The van der Waals surface area contributed by atoms with Crippen molar-refractivity contribution in [1.29, 1.82) is 0 Å². The third-order valence-corrected chi connectivity index (χ3v) is 2.32. The van der Waals surface area contributed by atoms with E-state index in [1.165, 1.54) is 17.0 Å². The molecule has 0 saturated heterocycles. The van der Waals surface area contributed by atoms with Gasteiger partial charge in [-0.1, -0.05) is 18.2 Å². The molecule has 2 aromatic rings. The Labute approximate surface area is 82.5 Å². The highest BCUT2D eigenvalue weighted by Gasteiger charge is 1.99. The average molecular weight is 185 g/mol. The molecule has 0 aliphatic heterocycles. The number of aromatic nitrogens is 1. The lowest BCUT2D eigenvalue weighted by atomic mass is 10.1. The second kappa shape index (κ2) is 3.50. The highest BCUT2D eigenvalue weighted by molar-refractivity contribution is 5.90. The van der Waals surface area contributed by atoms with E-state index in [1.54, 1.807) is 0 Å². The van der Waals surface area contributed by atoms with Crippen molar-refractivity contribution in [2.45, 2.75) is 0 Å². The van der Waals surface area contributed by atoms with Crippen molar-refractivity contribution < 1.29 is 4.79 Å². The summed E-state index contributed by atoms with van der Waals surface area (Å²) in [7, 11) is 2.01. The normalized spacial score (nSPS) is 11.2. The van der Waals surface area contributed by atoms with Gasteiger partial charge in [-0.2, -0.15) is 0 Å². The predicted molar refractivity (Wildman–Crippen MR) is 58.0 cm³/mol. The number of allylic oxidation sites excluding steroid dienone is 1. The minimum absolute atomic E-state index is 0.793. The third kappa shape index (κ3) is 1.35. The number of carbonyl (C=O) groups excluding carboxylic acids is 1. The van der Waals surface area contributed by atoms with Crippen molar-refractivity contribution in [3.05, 3.63) is 42.1 Å². The van der Waals surface area contributed by atoms with Crippen LogP contribution in [0.3, 0.4) is 0 Å². The first kappa shape index (κ1) is 8.75. The van der Waals surface area contributed by atoms with Gasteiger partial charge in [0.2, 0.25) is 0 Å². The van der Waals surface area contributed by atoms with Crippen molar-refractivity contribution in [1.82, 2.24) is 4.57 Å². The van der Waals surface area contributed by atoms with E-state index in [4.69, 9.17) is 0 Å². The number of aldehydes is 1. The Morgan fingerprint density at radius 1 is 1.29 bits per heavy atom. The molecule has 0 aliphatic rings. The molecule has 0 radical (unpaired) electrons. The van der Waals surface area contributed by atoms with Crippen LogP contribution in [0.15, 0.2) is 36.5 Å². The molecular formula is C12H11NO. The number of rotatable bonds is 2. The van der Waals surface area contributed by atoms with Gasteiger partial charge >= 0.3 is 0 Å². The van der Waals surface area contributed by atoms with Gasteiger partial charge in [-0.15, -0.1) is 0 Å². The minimum atomic E-state index is 0.793. The molecule has 0 unspecified atom stereocenters. The van der Waals surface area contributed by atoms with Gasteiger partial charge < -0.3 is 4.57 Å². The van der Waals surface area contributed by atoms with Gasteiger partial charge in [-0.05, 0) is 23.8 Å². The summed E-state index contributed by atoms with van der Waals surface area (Å²) in [5, 5.41) is 1.17. The number of aryl methyl sites for hydroxylation is 1. The van der Waals surface area contributed by atoms with Crippen LogP contribution in [0.4, 0.5) is 0 Å². The molecule has 2 heteroatoms. The monoisotopic (exact) mass is 185 g/mol.